The third kappa shape index (κ3) is 3.21. The number of carbonyl (C=O) groups is 1. The first-order valence-corrected chi connectivity index (χ1v) is 7.09. The number of pyridine rings is 1. The molecule has 0 saturated heterocycles. The number of carbonyl (C=O) groups excluding carboxylic acids is 1. The highest BCUT2D eigenvalue weighted by atomic mass is 16.5. The van der Waals surface area contributed by atoms with E-state index < -0.39 is 0 Å². The highest BCUT2D eigenvalue weighted by molar-refractivity contribution is 5.76. The fourth-order valence-corrected chi connectivity index (χ4v) is 2.40. The van der Waals surface area contributed by atoms with E-state index in [1.54, 1.807) is 19.5 Å². The minimum absolute atomic E-state index is 0.209. The van der Waals surface area contributed by atoms with Crippen LogP contribution in [0.3, 0.4) is 0 Å². The highest BCUT2D eigenvalue weighted by Gasteiger charge is 2.10. The van der Waals surface area contributed by atoms with E-state index in [1.165, 1.54) is 0 Å². The molecule has 23 heavy (non-hydrogen) atoms. The van der Waals surface area contributed by atoms with Gasteiger partial charge in [0, 0.05) is 35.9 Å². The molecule has 0 radical (unpaired) electrons. The largest absolute Gasteiger partial charge is 0.481 e. The lowest BCUT2D eigenvalue weighted by atomic mass is 10.1. The number of rotatable bonds is 5. The standard InChI is InChI=1S/C17H16N4O2/c1-23-16-11-13(5-6-19-16)17-20-7-8-21(17)14-4-2-3-12(9-14)10-15(18)22/h2-9,11H,10H2,1H3,(H2,18,22). The van der Waals surface area contributed by atoms with E-state index in [-0.39, 0.29) is 12.3 Å². The second-order valence-corrected chi connectivity index (χ2v) is 5.02. The Morgan fingerprint density at radius 2 is 2.09 bits per heavy atom. The van der Waals surface area contributed by atoms with Crippen LogP contribution in [0.5, 0.6) is 5.88 Å². The highest BCUT2D eigenvalue weighted by Crippen LogP contribution is 2.24. The first-order chi connectivity index (χ1) is 11.2. The lowest BCUT2D eigenvalue weighted by Crippen LogP contribution is -2.13. The number of methoxy groups -OCH3 is 1. The number of primary amides is 1. The van der Waals surface area contributed by atoms with Gasteiger partial charge in [-0.2, -0.15) is 0 Å². The normalized spacial score (nSPS) is 10.5. The molecule has 0 spiro atoms. The summed E-state index contributed by atoms with van der Waals surface area (Å²) in [4.78, 5) is 19.6. The van der Waals surface area contributed by atoms with Crippen molar-refractivity contribution in [2.75, 3.05) is 7.11 Å². The summed E-state index contributed by atoms with van der Waals surface area (Å²) in [5, 5.41) is 0. The molecule has 0 saturated carbocycles. The van der Waals surface area contributed by atoms with Crippen LogP contribution >= 0.6 is 0 Å². The summed E-state index contributed by atoms with van der Waals surface area (Å²) < 4.78 is 7.11. The van der Waals surface area contributed by atoms with E-state index in [9.17, 15) is 4.79 Å². The molecule has 2 N–H and O–H groups in total. The number of hydrogen-bond acceptors (Lipinski definition) is 4. The SMILES string of the molecule is COc1cc(-c2nccn2-c2cccc(CC(N)=O)c2)ccn1. The van der Waals surface area contributed by atoms with Crippen molar-refractivity contribution in [2.45, 2.75) is 6.42 Å². The smallest absolute Gasteiger partial charge is 0.221 e. The molecule has 1 amide bonds. The van der Waals surface area contributed by atoms with Crippen molar-refractivity contribution >= 4 is 5.91 Å². The van der Waals surface area contributed by atoms with Gasteiger partial charge in [-0.3, -0.25) is 9.36 Å². The summed E-state index contributed by atoms with van der Waals surface area (Å²) in [6.45, 7) is 0. The van der Waals surface area contributed by atoms with Crippen LogP contribution in [0, 0.1) is 0 Å². The van der Waals surface area contributed by atoms with Crippen LogP contribution in [-0.4, -0.2) is 27.6 Å². The Balaban J connectivity index is 2.02. The Kier molecular flexibility index (Phi) is 4.05. The average Bonchev–Trinajstić information content (AvgIpc) is 3.04. The van der Waals surface area contributed by atoms with E-state index >= 15 is 0 Å². The number of nitrogens with two attached hydrogens (primary N) is 1. The van der Waals surface area contributed by atoms with Crippen molar-refractivity contribution in [3.8, 4) is 23.0 Å². The van der Waals surface area contributed by atoms with Crippen molar-refractivity contribution in [3.63, 3.8) is 0 Å². The molecule has 0 fully saturated rings. The maximum Gasteiger partial charge on any atom is 0.221 e. The van der Waals surface area contributed by atoms with E-state index in [4.69, 9.17) is 10.5 Å². The third-order valence-electron chi connectivity index (χ3n) is 3.41. The Labute approximate surface area is 133 Å². The molecule has 0 unspecified atom stereocenters. The first kappa shape index (κ1) is 14.8. The van der Waals surface area contributed by atoms with Crippen LogP contribution in [0.1, 0.15) is 5.56 Å². The van der Waals surface area contributed by atoms with Gasteiger partial charge in [0.15, 0.2) is 0 Å². The zero-order chi connectivity index (χ0) is 16.2. The predicted octanol–water partition coefficient (Wildman–Crippen LogP) is 1.97. The average molecular weight is 308 g/mol. The Morgan fingerprint density at radius 1 is 1.22 bits per heavy atom. The van der Waals surface area contributed by atoms with Crippen molar-refractivity contribution in [2.24, 2.45) is 5.73 Å². The van der Waals surface area contributed by atoms with Crippen LogP contribution in [0.4, 0.5) is 0 Å². The number of hydrogen-bond donors (Lipinski definition) is 1. The third-order valence-corrected chi connectivity index (χ3v) is 3.41. The molecule has 2 heterocycles. The van der Waals surface area contributed by atoms with Crippen molar-refractivity contribution in [3.05, 3.63) is 60.6 Å². The van der Waals surface area contributed by atoms with Gasteiger partial charge in [0.05, 0.1) is 13.5 Å². The van der Waals surface area contributed by atoms with E-state index in [2.05, 4.69) is 9.97 Å². The van der Waals surface area contributed by atoms with E-state index in [0.717, 1.165) is 22.6 Å². The van der Waals surface area contributed by atoms with Gasteiger partial charge in [-0.05, 0) is 23.8 Å². The van der Waals surface area contributed by atoms with Gasteiger partial charge in [0.25, 0.3) is 0 Å². The molecule has 6 nitrogen and oxygen atoms in total. The second-order valence-electron chi connectivity index (χ2n) is 5.02. The van der Waals surface area contributed by atoms with Gasteiger partial charge < -0.3 is 10.5 Å². The van der Waals surface area contributed by atoms with Crippen LogP contribution in [0.15, 0.2) is 55.0 Å². The van der Waals surface area contributed by atoms with E-state index in [0.29, 0.717) is 5.88 Å². The van der Waals surface area contributed by atoms with Gasteiger partial charge in [-0.25, -0.2) is 9.97 Å². The maximum atomic E-state index is 11.1. The Hall–Kier alpha value is -3.15. The minimum atomic E-state index is -0.355. The molecular formula is C17H16N4O2. The van der Waals surface area contributed by atoms with Crippen molar-refractivity contribution in [1.82, 2.24) is 14.5 Å². The zero-order valence-corrected chi connectivity index (χ0v) is 12.6. The lowest BCUT2D eigenvalue weighted by molar-refractivity contribution is -0.117. The van der Waals surface area contributed by atoms with Gasteiger partial charge in [-0.1, -0.05) is 12.1 Å². The van der Waals surface area contributed by atoms with Crippen molar-refractivity contribution in [1.29, 1.82) is 0 Å². The molecule has 0 aliphatic rings. The maximum absolute atomic E-state index is 11.1. The van der Waals surface area contributed by atoms with Crippen LogP contribution in [0.25, 0.3) is 17.1 Å². The zero-order valence-electron chi connectivity index (χ0n) is 12.6. The summed E-state index contributed by atoms with van der Waals surface area (Å²) in [5.74, 6) is 0.938. The summed E-state index contributed by atoms with van der Waals surface area (Å²) >= 11 is 0. The molecule has 116 valence electrons. The summed E-state index contributed by atoms with van der Waals surface area (Å²) in [6.07, 6.45) is 5.48. The lowest BCUT2D eigenvalue weighted by Gasteiger charge is -2.10. The van der Waals surface area contributed by atoms with Gasteiger partial charge in [-0.15, -0.1) is 0 Å². The molecule has 2 aromatic heterocycles. The number of benzene rings is 1. The molecule has 6 heteroatoms. The molecule has 1 aromatic carbocycles. The van der Waals surface area contributed by atoms with E-state index in [1.807, 2.05) is 47.2 Å². The van der Waals surface area contributed by atoms with Gasteiger partial charge >= 0.3 is 0 Å². The fourth-order valence-electron chi connectivity index (χ4n) is 2.40. The topological polar surface area (TPSA) is 83.0 Å². The molecule has 3 rings (SSSR count). The molecule has 0 aliphatic heterocycles. The first-order valence-electron chi connectivity index (χ1n) is 7.09. The van der Waals surface area contributed by atoms with Gasteiger partial charge in [0.2, 0.25) is 11.8 Å². The summed E-state index contributed by atoms with van der Waals surface area (Å²) in [7, 11) is 1.58. The predicted molar refractivity (Wildman–Crippen MR) is 86.2 cm³/mol. The molecule has 3 aromatic rings. The number of ether oxygens (including phenoxy) is 1. The minimum Gasteiger partial charge on any atom is -0.481 e. The molecule has 0 bridgehead atoms. The van der Waals surface area contributed by atoms with Gasteiger partial charge in [0.1, 0.15) is 5.82 Å². The number of amides is 1. The summed E-state index contributed by atoms with van der Waals surface area (Å²) in [6, 6.07) is 11.3. The van der Waals surface area contributed by atoms with Crippen LogP contribution in [0.2, 0.25) is 0 Å². The fraction of sp³-hybridized carbons (Fsp3) is 0.118. The van der Waals surface area contributed by atoms with Crippen LogP contribution < -0.4 is 10.5 Å². The molecule has 0 atom stereocenters. The second kappa shape index (κ2) is 6.31. The van der Waals surface area contributed by atoms with Crippen molar-refractivity contribution < 1.29 is 9.53 Å². The summed E-state index contributed by atoms with van der Waals surface area (Å²) in [5.41, 5.74) is 7.93. The molecular weight excluding hydrogens is 292 g/mol. The Morgan fingerprint density at radius 3 is 2.87 bits per heavy atom. The van der Waals surface area contributed by atoms with Crippen LogP contribution in [-0.2, 0) is 11.2 Å². The number of aromatic nitrogens is 3. The number of nitrogens with zero attached hydrogens (tertiary/aromatic N) is 3. The Bertz CT molecular complexity index is 842. The number of imidazole rings is 1. The molecule has 0 aliphatic carbocycles. The monoisotopic (exact) mass is 308 g/mol. The quantitative estimate of drug-likeness (QED) is 0.781.